The summed E-state index contributed by atoms with van der Waals surface area (Å²) in [6.45, 7) is 2.33. The average molecular weight is 523 g/mol. The zero-order chi connectivity index (χ0) is 24.9. The van der Waals surface area contributed by atoms with Crippen LogP contribution in [0.25, 0.3) is 0 Å². The molecule has 0 radical (unpaired) electrons. The molecule has 3 rings (SSSR count). The minimum absolute atomic E-state index is 0.152. The van der Waals surface area contributed by atoms with Gasteiger partial charge in [0, 0.05) is 39.3 Å². The third kappa shape index (κ3) is 7.64. The second-order valence-electron chi connectivity index (χ2n) is 8.36. The minimum Gasteiger partial charge on any atom is -0.375 e. The van der Waals surface area contributed by atoms with Crippen LogP contribution in [0.1, 0.15) is 23.1 Å². The zero-order valence-corrected chi connectivity index (χ0v) is 20.3. The first-order valence-electron chi connectivity index (χ1n) is 10.8. The fourth-order valence-corrected chi connectivity index (χ4v) is 4.85. The van der Waals surface area contributed by atoms with E-state index in [0.29, 0.717) is 51.2 Å². The maximum absolute atomic E-state index is 13.2. The predicted molar refractivity (Wildman–Crippen MR) is 123 cm³/mol. The highest BCUT2D eigenvalue weighted by molar-refractivity contribution is 7.88. The van der Waals surface area contributed by atoms with Crippen molar-refractivity contribution >= 4 is 21.6 Å². The molecule has 0 saturated carbocycles. The lowest BCUT2D eigenvalue weighted by Gasteiger charge is -2.36. The van der Waals surface area contributed by atoms with Gasteiger partial charge in [-0.05, 0) is 42.2 Å². The van der Waals surface area contributed by atoms with Gasteiger partial charge in [-0.2, -0.15) is 17.5 Å². The monoisotopic (exact) mass is 522 g/mol. The van der Waals surface area contributed by atoms with Crippen molar-refractivity contribution in [2.24, 2.45) is 0 Å². The van der Waals surface area contributed by atoms with Gasteiger partial charge in [0.2, 0.25) is 10.0 Å². The van der Waals surface area contributed by atoms with Gasteiger partial charge in [-0.1, -0.05) is 35.9 Å². The number of alkyl halides is 3. The molecule has 188 valence electrons. The van der Waals surface area contributed by atoms with Crippen LogP contribution >= 0.6 is 11.6 Å². The Bertz CT molecular complexity index is 1060. The highest BCUT2D eigenvalue weighted by Crippen LogP contribution is 2.36. The number of sulfonamides is 1. The summed E-state index contributed by atoms with van der Waals surface area (Å²) >= 11 is 6.09. The van der Waals surface area contributed by atoms with Gasteiger partial charge in [0.05, 0.1) is 22.9 Å². The number of ether oxygens (including phenoxy) is 1. The number of rotatable bonds is 11. The molecule has 1 aliphatic rings. The van der Waals surface area contributed by atoms with E-state index in [4.69, 9.17) is 16.3 Å². The summed E-state index contributed by atoms with van der Waals surface area (Å²) < 4.78 is 82.8. The quantitative estimate of drug-likeness (QED) is 0.320. The van der Waals surface area contributed by atoms with E-state index in [2.05, 4.69) is 0 Å². The van der Waals surface area contributed by atoms with Gasteiger partial charge in [0.25, 0.3) is 0 Å². The van der Waals surface area contributed by atoms with Gasteiger partial charge in [-0.25, -0.2) is 12.8 Å². The molecule has 2 aromatic rings. The van der Waals surface area contributed by atoms with Crippen molar-refractivity contribution in [1.29, 1.82) is 0 Å². The molecule has 0 unspecified atom stereocenters. The zero-order valence-electron chi connectivity index (χ0n) is 18.7. The van der Waals surface area contributed by atoms with Crippen molar-refractivity contribution in [3.8, 4) is 0 Å². The van der Waals surface area contributed by atoms with E-state index in [9.17, 15) is 26.0 Å². The van der Waals surface area contributed by atoms with E-state index >= 15 is 0 Å². The van der Waals surface area contributed by atoms with E-state index in [1.165, 1.54) is 22.5 Å². The van der Waals surface area contributed by atoms with Crippen LogP contribution in [0.2, 0.25) is 5.02 Å². The summed E-state index contributed by atoms with van der Waals surface area (Å²) in [7, 11) is -3.20. The molecule has 11 heteroatoms. The van der Waals surface area contributed by atoms with Crippen LogP contribution in [0.3, 0.4) is 0 Å². The molecule has 2 aromatic carbocycles. The molecule has 0 bridgehead atoms. The van der Waals surface area contributed by atoms with Crippen molar-refractivity contribution in [2.75, 3.05) is 39.0 Å². The van der Waals surface area contributed by atoms with Crippen molar-refractivity contribution in [3.05, 3.63) is 70.0 Å². The number of nitrogens with zero attached hydrogens (tertiary/aromatic N) is 2. The van der Waals surface area contributed by atoms with Crippen LogP contribution in [0.5, 0.6) is 0 Å². The highest BCUT2D eigenvalue weighted by Gasteiger charge is 2.34. The van der Waals surface area contributed by atoms with Crippen molar-refractivity contribution in [2.45, 2.75) is 31.7 Å². The molecule has 5 nitrogen and oxygen atoms in total. The predicted octanol–water partition coefficient (Wildman–Crippen LogP) is 4.59. The van der Waals surface area contributed by atoms with Crippen LogP contribution in [0.15, 0.2) is 42.5 Å². The Kier molecular flexibility index (Phi) is 8.97. The van der Waals surface area contributed by atoms with Gasteiger partial charge in [-0.3, -0.25) is 4.90 Å². The SMILES string of the molecule is CS(=O)(=O)N1CC(OCCCN(CCc2ccc(F)cc2)Cc2cccc(C(F)(F)F)c2Cl)C1. The Labute approximate surface area is 202 Å². The topological polar surface area (TPSA) is 49.9 Å². The molecule has 0 aliphatic carbocycles. The Balaban J connectivity index is 1.59. The summed E-state index contributed by atoms with van der Waals surface area (Å²) in [5.41, 5.74) is 0.418. The fourth-order valence-electron chi connectivity index (χ4n) is 3.69. The summed E-state index contributed by atoms with van der Waals surface area (Å²) in [6, 6.07) is 9.98. The average Bonchev–Trinajstić information content (AvgIpc) is 2.70. The van der Waals surface area contributed by atoms with Crippen LogP contribution in [-0.2, 0) is 33.9 Å². The Hall–Kier alpha value is -1.72. The minimum atomic E-state index is -4.54. The second kappa shape index (κ2) is 11.3. The van der Waals surface area contributed by atoms with E-state index in [-0.39, 0.29) is 23.5 Å². The lowest BCUT2D eigenvalue weighted by Crippen LogP contribution is -2.54. The molecule has 1 fully saturated rings. The van der Waals surface area contributed by atoms with Crippen LogP contribution in [0.4, 0.5) is 17.6 Å². The lowest BCUT2D eigenvalue weighted by atomic mass is 10.1. The molecule has 34 heavy (non-hydrogen) atoms. The van der Waals surface area contributed by atoms with Gasteiger partial charge >= 0.3 is 6.18 Å². The van der Waals surface area contributed by atoms with Crippen LogP contribution < -0.4 is 0 Å². The second-order valence-corrected chi connectivity index (χ2v) is 10.7. The first-order chi connectivity index (χ1) is 15.9. The third-order valence-corrected chi connectivity index (χ3v) is 7.35. The molecule has 1 aliphatic heterocycles. The lowest BCUT2D eigenvalue weighted by molar-refractivity contribution is -0.137. The van der Waals surface area contributed by atoms with E-state index in [1.54, 1.807) is 18.2 Å². The molecule has 0 N–H and O–H groups in total. The third-order valence-electron chi connectivity index (χ3n) is 5.66. The molecule has 1 saturated heterocycles. The summed E-state index contributed by atoms with van der Waals surface area (Å²) in [6.07, 6.45) is -2.34. The smallest absolute Gasteiger partial charge is 0.375 e. The van der Waals surface area contributed by atoms with Gasteiger partial charge in [0.1, 0.15) is 5.82 Å². The van der Waals surface area contributed by atoms with Gasteiger partial charge < -0.3 is 4.74 Å². The molecule has 1 heterocycles. The van der Waals surface area contributed by atoms with E-state index in [1.807, 2.05) is 4.90 Å². The van der Waals surface area contributed by atoms with E-state index < -0.39 is 21.8 Å². The normalized spacial score (nSPS) is 15.6. The molecular weight excluding hydrogens is 496 g/mol. The first-order valence-corrected chi connectivity index (χ1v) is 13.0. The molecule has 0 atom stereocenters. The number of hydrogen-bond donors (Lipinski definition) is 0. The standard InChI is InChI=1S/C23H27ClF4N2O3S/c1-34(31,32)30-15-20(16-30)33-13-3-11-29(12-10-17-6-8-19(25)9-7-17)14-18-4-2-5-21(22(18)24)23(26,27)28/h2,4-9,20H,3,10-16H2,1H3. The Morgan fingerprint density at radius 1 is 1.12 bits per heavy atom. The summed E-state index contributed by atoms with van der Waals surface area (Å²) in [5.74, 6) is -0.334. The summed E-state index contributed by atoms with van der Waals surface area (Å²) in [5, 5.41) is -0.312. The number of hydrogen-bond acceptors (Lipinski definition) is 4. The Morgan fingerprint density at radius 3 is 2.41 bits per heavy atom. The molecular formula is C23H27ClF4N2O3S. The maximum Gasteiger partial charge on any atom is 0.417 e. The summed E-state index contributed by atoms with van der Waals surface area (Å²) in [4.78, 5) is 1.98. The fraction of sp³-hybridized carbons (Fsp3) is 0.478. The van der Waals surface area contributed by atoms with Crippen molar-refractivity contribution < 1.29 is 30.7 Å². The first kappa shape index (κ1) is 26.9. The van der Waals surface area contributed by atoms with Gasteiger partial charge in [-0.15, -0.1) is 0 Å². The molecule has 0 aromatic heterocycles. The molecule has 0 amide bonds. The van der Waals surface area contributed by atoms with Crippen molar-refractivity contribution in [3.63, 3.8) is 0 Å². The molecule has 0 spiro atoms. The number of benzene rings is 2. The van der Waals surface area contributed by atoms with Crippen LogP contribution in [0, 0.1) is 5.82 Å². The Morgan fingerprint density at radius 2 is 1.79 bits per heavy atom. The van der Waals surface area contributed by atoms with Gasteiger partial charge in [0.15, 0.2) is 0 Å². The highest BCUT2D eigenvalue weighted by atomic mass is 35.5. The van der Waals surface area contributed by atoms with E-state index in [0.717, 1.165) is 17.9 Å². The maximum atomic E-state index is 13.2. The van der Waals surface area contributed by atoms with Crippen molar-refractivity contribution in [1.82, 2.24) is 9.21 Å². The number of halogens is 5. The van der Waals surface area contributed by atoms with Crippen LogP contribution in [-0.4, -0.2) is 62.8 Å². The largest absolute Gasteiger partial charge is 0.417 e.